The van der Waals surface area contributed by atoms with Gasteiger partial charge in [-0.05, 0) is 42.8 Å². The van der Waals surface area contributed by atoms with Crippen molar-refractivity contribution in [3.8, 4) is 22.1 Å². The van der Waals surface area contributed by atoms with E-state index in [4.69, 9.17) is 32.7 Å². The van der Waals surface area contributed by atoms with Crippen molar-refractivity contribution in [3.05, 3.63) is 63.1 Å². The molecule has 3 aromatic rings. The maximum Gasteiger partial charge on any atom is 0.161 e. The Bertz CT molecular complexity index is 1110. The van der Waals surface area contributed by atoms with Gasteiger partial charge in [0.1, 0.15) is 5.01 Å². The van der Waals surface area contributed by atoms with Crippen molar-refractivity contribution in [2.24, 2.45) is 0 Å². The number of hydrogen-bond acceptors (Lipinski definition) is 6. The zero-order valence-corrected chi connectivity index (χ0v) is 19.0. The monoisotopic (exact) mass is 471 g/mol. The van der Waals surface area contributed by atoms with E-state index in [-0.39, 0.29) is 11.5 Å². The van der Waals surface area contributed by atoms with E-state index in [0.29, 0.717) is 44.4 Å². The molecule has 0 aliphatic carbocycles. The smallest absolute Gasteiger partial charge is 0.161 e. The molecule has 0 aliphatic rings. The molecule has 0 saturated heterocycles. The van der Waals surface area contributed by atoms with Crippen molar-refractivity contribution >= 4 is 44.4 Å². The lowest BCUT2D eigenvalue weighted by Gasteiger charge is -2.10. The van der Waals surface area contributed by atoms with Crippen LogP contribution in [0.1, 0.15) is 18.2 Å². The van der Waals surface area contributed by atoms with Gasteiger partial charge in [-0.25, -0.2) is 13.4 Å². The molecule has 0 N–H and O–H groups in total. The molecule has 5 nitrogen and oxygen atoms in total. The summed E-state index contributed by atoms with van der Waals surface area (Å²) in [6.45, 7) is 2.44. The molecular weight excluding hydrogens is 453 g/mol. The second-order valence-corrected chi connectivity index (χ2v) is 9.96. The minimum Gasteiger partial charge on any atom is -0.493 e. The summed E-state index contributed by atoms with van der Waals surface area (Å²) < 4.78 is 36.1. The van der Waals surface area contributed by atoms with Crippen LogP contribution >= 0.6 is 34.5 Å². The number of sulfone groups is 1. The van der Waals surface area contributed by atoms with Crippen LogP contribution in [0.2, 0.25) is 10.0 Å². The molecular formula is C20H19Cl2NO4S2. The number of ether oxygens (including phenoxy) is 2. The molecule has 9 heteroatoms. The molecule has 0 spiro atoms. The van der Waals surface area contributed by atoms with Crippen LogP contribution in [0.25, 0.3) is 10.6 Å². The SMILES string of the molecule is CCOc1ccc(-c2nc(CS(=O)(=O)Cc3ccc(Cl)c(Cl)c3)cs2)cc1OC. The third-order valence-corrected chi connectivity index (χ3v) is 7.19. The lowest BCUT2D eigenvalue weighted by molar-refractivity contribution is 0.311. The number of rotatable bonds is 8. The molecule has 1 heterocycles. The van der Waals surface area contributed by atoms with Crippen LogP contribution in [0.15, 0.2) is 41.8 Å². The average molecular weight is 472 g/mol. The molecule has 0 amide bonds. The number of nitrogens with zero attached hydrogens (tertiary/aromatic N) is 1. The highest BCUT2D eigenvalue weighted by Gasteiger charge is 2.17. The first-order valence-electron chi connectivity index (χ1n) is 8.71. The highest BCUT2D eigenvalue weighted by Crippen LogP contribution is 2.34. The predicted octanol–water partition coefficient (Wildman–Crippen LogP) is 5.64. The van der Waals surface area contributed by atoms with Gasteiger partial charge < -0.3 is 9.47 Å². The first kappa shape index (κ1) is 21.9. The van der Waals surface area contributed by atoms with Crippen molar-refractivity contribution in [2.75, 3.05) is 13.7 Å². The number of thiazole rings is 1. The van der Waals surface area contributed by atoms with Gasteiger partial charge in [0.2, 0.25) is 0 Å². The first-order valence-corrected chi connectivity index (χ1v) is 12.2. The van der Waals surface area contributed by atoms with Crippen molar-refractivity contribution in [2.45, 2.75) is 18.4 Å². The molecule has 29 heavy (non-hydrogen) atoms. The van der Waals surface area contributed by atoms with Crippen LogP contribution in [0, 0.1) is 0 Å². The van der Waals surface area contributed by atoms with E-state index in [2.05, 4.69) is 4.98 Å². The number of methoxy groups -OCH3 is 1. The second-order valence-electron chi connectivity index (χ2n) is 6.22. The van der Waals surface area contributed by atoms with E-state index in [0.717, 1.165) is 5.56 Å². The summed E-state index contributed by atoms with van der Waals surface area (Å²) in [4.78, 5) is 4.49. The summed E-state index contributed by atoms with van der Waals surface area (Å²) in [5.41, 5.74) is 1.92. The van der Waals surface area contributed by atoms with Gasteiger partial charge in [-0.15, -0.1) is 11.3 Å². The Morgan fingerprint density at radius 1 is 1.03 bits per heavy atom. The summed E-state index contributed by atoms with van der Waals surface area (Å²) in [5, 5.41) is 3.19. The summed E-state index contributed by atoms with van der Waals surface area (Å²) in [6.07, 6.45) is 0. The van der Waals surface area contributed by atoms with Crippen molar-refractivity contribution in [1.29, 1.82) is 0 Å². The van der Waals surface area contributed by atoms with Crippen molar-refractivity contribution in [3.63, 3.8) is 0 Å². The highest BCUT2D eigenvalue weighted by atomic mass is 35.5. The van der Waals surface area contributed by atoms with Gasteiger partial charge in [0, 0.05) is 10.9 Å². The van der Waals surface area contributed by atoms with E-state index >= 15 is 0 Å². The van der Waals surface area contributed by atoms with Gasteiger partial charge in [-0.1, -0.05) is 29.3 Å². The van der Waals surface area contributed by atoms with Crippen LogP contribution in [-0.4, -0.2) is 27.1 Å². The van der Waals surface area contributed by atoms with Gasteiger partial charge in [0.15, 0.2) is 21.3 Å². The number of hydrogen-bond donors (Lipinski definition) is 0. The third kappa shape index (κ3) is 5.63. The van der Waals surface area contributed by atoms with E-state index < -0.39 is 9.84 Å². The first-order chi connectivity index (χ1) is 13.8. The summed E-state index contributed by atoms with van der Waals surface area (Å²) in [7, 11) is -1.84. The molecule has 0 saturated carbocycles. The van der Waals surface area contributed by atoms with Gasteiger partial charge in [-0.3, -0.25) is 0 Å². The number of benzene rings is 2. The Hall–Kier alpha value is -1.80. The largest absolute Gasteiger partial charge is 0.493 e. The quantitative estimate of drug-likeness (QED) is 0.425. The van der Waals surface area contributed by atoms with Crippen LogP contribution in [0.3, 0.4) is 0 Å². The van der Waals surface area contributed by atoms with Gasteiger partial charge >= 0.3 is 0 Å². The summed E-state index contributed by atoms with van der Waals surface area (Å²) in [6, 6.07) is 10.3. The highest BCUT2D eigenvalue weighted by molar-refractivity contribution is 7.89. The number of aromatic nitrogens is 1. The Labute approximate surface area is 184 Å². The molecule has 3 rings (SSSR count). The zero-order valence-electron chi connectivity index (χ0n) is 15.8. The zero-order chi connectivity index (χ0) is 21.0. The fourth-order valence-electron chi connectivity index (χ4n) is 2.74. The topological polar surface area (TPSA) is 65.5 Å². The minimum atomic E-state index is -3.42. The molecule has 1 aromatic heterocycles. The maximum atomic E-state index is 12.6. The Balaban J connectivity index is 1.76. The minimum absolute atomic E-state index is 0.131. The fraction of sp³-hybridized carbons (Fsp3) is 0.250. The van der Waals surface area contributed by atoms with E-state index in [1.54, 1.807) is 30.7 Å². The molecule has 0 fully saturated rings. The molecule has 2 aromatic carbocycles. The van der Waals surface area contributed by atoms with E-state index in [1.165, 1.54) is 11.3 Å². The number of halogens is 2. The van der Waals surface area contributed by atoms with Crippen molar-refractivity contribution in [1.82, 2.24) is 4.98 Å². The molecule has 0 bridgehead atoms. The standard InChI is InChI=1S/C20H19Cl2NO4S2/c1-3-27-18-7-5-14(9-19(18)26-2)20-23-15(10-28-20)12-29(24,25)11-13-4-6-16(21)17(22)8-13/h4-10H,3,11-12H2,1-2H3. The molecule has 0 unspecified atom stereocenters. The second kappa shape index (κ2) is 9.34. The lowest BCUT2D eigenvalue weighted by atomic mass is 10.2. The molecule has 0 atom stereocenters. The fourth-order valence-corrected chi connectivity index (χ4v) is 5.37. The molecule has 0 aliphatic heterocycles. The molecule has 154 valence electrons. The van der Waals surface area contributed by atoms with E-state index in [9.17, 15) is 8.42 Å². The lowest BCUT2D eigenvalue weighted by Crippen LogP contribution is -2.08. The Morgan fingerprint density at radius 2 is 1.83 bits per heavy atom. The van der Waals surface area contributed by atoms with Crippen LogP contribution in [0.5, 0.6) is 11.5 Å². The van der Waals surface area contributed by atoms with Crippen LogP contribution < -0.4 is 9.47 Å². The maximum absolute atomic E-state index is 12.6. The van der Waals surface area contributed by atoms with E-state index in [1.807, 2.05) is 25.1 Å². The van der Waals surface area contributed by atoms with Gasteiger partial charge in [0.05, 0.1) is 41.0 Å². The Kier molecular flexibility index (Phi) is 7.05. The van der Waals surface area contributed by atoms with Gasteiger partial charge in [0.25, 0.3) is 0 Å². The van der Waals surface area contributed by atoms with Crippen molar-refractivity contribution < 1.29 is 17.9 Å². The normalized spacial score (nSPS) is 11.4. The van der Waals surface area contributed by atoms with Crippen LogP contribution in [0.4, 0.5) is 0 Å². The summed E-state index contributed by atoms with van der Waals surface area (Å²) in [5.74, 6) is 0.971. The predicted molar refractivity (Wildman–Crippen MR) is 118 cm³/mol. The summed E-state index contributed by atoms with van der Waals surface area (Å²) >= 11 is 13.2. The van der Waals surface area contributed by atoms with Crippen LogP contribution in [-0.2, 0) is 21.3 Å². The molecule has 0 radical (unpaired) electrons. The third-order valence-electron chi connectivity index (χ3n) is 4.00. The average Bonchev–Trinajstić information content (AvgIpc) is 3.12. The Morgan fingerprint density at radius 3 is 2.52 bits per heavy atom. The van der Waals surface area contributed by atoms with Gasteiger partial charge in [-0.2, -0.15) is 0 Å².